The number of rotatable bonds is 6. The molecule has 0 aromatic heterocycles. The summed E-state index contributed by atoms with van der Waals surface area (Å²) in [5, 5.41) is 12.2. The van der Waals surface area contributed by atoms with Crippen LogP contribution in [0.5, 0.6) is 0 Å². The lowest BCUT2D eigenvalue weighted by Gasteiger charge is -2.43. The molecule has 2 atom stereocenters. The molecule has 1 saturated heterocycles. The number of halogens is 2. The number of hydrogen-bond donors (Lipinski definition) is 2. The molecule has 3 nitrogen and oxygen atoms in total. The van der Waals surface area contributed by atoms with E-state index in [4.69, 9.17) is 5.11 Å². The third-order valence-corrected chi connectivity index (χ3v) is 4.75. The van der Waals surface area contributed by atoms with Gasteiger partial charge in [-0.05, 0) is 31.6 Å². The topological polar surface area (TPSA) is 35.5 Å². The molecule has 0 bridgehead atoms. The Kier molecular flexibility index (Phi) is 6.65. The molecule has 0 aromatic carbocycles. The number of aliphatic hydroxyl groups is 1. The summed E-state index contributed by atoms with van der Waals surface area (Å²) in [4.78, 5) is 2.49. The molecule has 118 valence electrons. The number of likely N-dealkylation sites (tertiary alicyclic amines) is 1. The molecule has 1 saturated carbocycles. The predicted molar refractivity (Wildman–Crippen MR) is 76.1 cm³/mol. The number of nitrogens with zero attached hydrogens (tertiary/aromatic N) is 1. The molecular weight excluding hydrogens is 262 g/mol. The molecule has 1 aliphatic heterocycles. The van der Waals surface area contributed by atoms with Crippen molar-refractivity contribution in [3.63, 3.8) is 0 Å². The number of hydrogen-bond acceptors (Lipinski definition) is 3. The predicted octanol–water partition coefficient (Wildman–Crippen LogP) is 2.25. The lowest BCUT2D eigenvalue weighted by molar-refractivity contribution is 0.0600. The van der Waals surface area contributed by atoms with Crippen molar-refractivity contribution in [2.75, 3.05) is 26.2 Å². The van der Waals surface area contributed by atoms with Gasteiger partial charge in [-0.3, -0.25) is 4.90 Å². The van der Waals surface area contributed by atoms with Gasteiger partial charge < -0.3 is 10.4 Å². The number of alkyl halides is 2. The Balaban J connectivity index is 1.88. The van der Waals surface area contributed by atoms with E-state index in [-0.39, 0.29) is 19.2 Å². The van der Waals surface area contributed by atoms with E-state index in [1.165, 1.54) is 32.1 Å². The Morgan fingerprint density at radius 3 is 2.55 bits per heavy atom. The highest BCUT2D eigenvalue weighted by molar-refractivity contribution is 4.88. The van der Waals surface area contributed by atoms with Crippen LogP contribution >= 0.6 is 0 Å². The molecule has 2 fully saturated rings. The summed E-state index contributed by atoms with van der Waals surface area (Å²) in [6, 6.07) is 0.775. The Morgan fingerprint density at radius 2 is 1.90 bits per heavy atom. The minimum absolute atomic E-state index is 0.149. The van der Waals surface area contributed by atoms with Crippen LogP contribution in [0.4, 0.5) is 8.78 Å². The van der Waals surface area contributed by atoms with Crippen molar-refractivity contribution in [3.8, 4) is 0 Å². The summed E-state index contributed by atoms with van der Waals surface area (Å²) in [6.07, 6.45) is 5.82. The number of piperidine rings is 1. The van der Waals surface area contributed by atoms with Crippen LogP contribution in [0.25, 0.3) is 0 Å². The summed E-state index contributed by atoms with van der Waals surface area (Å²) >= 11 is 0. The van der Waals surface area contributed by atoms with Crippen LogP contribution in [0.1, 0.15) is 44.9 Å². The number of aliphatic hydroxyl groups excluding tert-OH is 1. The van der Waals surface area contributed by atoms with Crippen molar-refractivity contribution in [1.82, 2.24) is 10.2 Å². The smallest absolute Gasteiger partial charge is 0.250 e. The second-order valence-corrected chi connectivity index (χ2v) is 6.36. The van der Waals surface area contributed by atoms with E-state index in [1.807, 2.05) is 0 Å². The first-order valence-corrected chi connectivity index (χ1v) is 8.05. The minimum atomic E-state index is -2.28. The molecule has 0 aromatic rings. The molecule has 5 heteroatoms. The van der Waals surface area contributed by atoms with Crippen molar-refractivity contribution in [1.29, 1.82) is 0 Å². The molecular formula is C15H28F2N2O. The Morgan fingerprint density at radius 1 is 1.15 bits per heavy atom. The lowest BCUT2D eigenvalue weighted by atomic mass is 9.87. The Labute approximate surface area is 120 Å². The van der Waals surface area contributed by atoms with Crippen LogP contribution in [0.15, 0.2) is 0 Å². The van der Waals surface area contributed by atoms with Gasteiger partial charge in [0.2, 0.25) is 0 Å². The molecule has 1 aliphatic carbocycles. The maximum Gasteiger partial charge on any atom is 0.250 e. The third kappa shape index (κ3) is 4.93. The standard InChI is InChI=1S/C15H28F2N2O/c16-15(17)9-18-13-8-12(6-7-20)10-19(11-13)14-4-2-1-3-5-14/h12-15,18,20H,1-11H2. The maximum atomic E-state index is 12.4. The molecule has 0 amide bonds. The SMILES string of the molecule is OCCC1CC(NCC(F)F)CN(C2CCCCC2)C1. The molecule has 2 rings (SSSR count). The van der Waals surface area contributed by atoms with Gasteiger partial charge >= 0.3 is 0 Å². The number of nitrogens with one attached hydrogen (secondary N) is 1. The van der Waals surface area contributed by atoms with E-state index in [0.717, 1.165) is 25.9 Å². The van der Waals surface area contributed by atoms with Gasteiger partial charge in [0.15, 0.2) is 0 Å². The van der Waals surface area contributed by atoms with Crippen LogP contribution in [-0.4, -0.2) is 54.8 Å². The van der Waals surface area contributed by atoms with E-state index >= 15 is 0 Å². The molecule has 20 heavy (non-hydrogen) atoms. The van der Waals surface area contributed by atoms with Crippen molar-refractivity contribution in [2.45, 2.75) is 63.5 Å². The van der Waals surface area contributed by atoms with Crippen molar-refractivity contribution < 1.29 is 13.9 Å². The van der Waals surface area contributed by atoms with Crippen LogP contribution in [0.2, 0.25) is 0 Å². The largest absolute Gasteiger partial charge is 0.396 e. The summed E-state index contributed by atoms with van der Waals surface area (Å²) in [7, 11) is 0. The van der Waals surface area contributed by atoms with Crippen molar-refractivity contribution in [2.24, 2.45) is 5.92 Å². The first-order valence-electron chi connectivity index (χ1n) is 8.05. The molecule has 2 unspecified atom stereocenters. The molecule has 0 radical (unpaired) electrons. The van der Waals surface area contributed by atoms with Gasteiger partial charge in [-0.15, -0.1) is 0 Å². The molecule has 2 aliphatic rings. The van der Waals surface area contributed by atoms with Crippen LogP contribution in [-0.2, 0) is 0 Å². The quantitative estimate of drug-likeness (QED) is 0.787. The average molecular weight is 290 g/mol. The van der Waals surface area contributed by atoms with Crippen LogP contribution in [0, 0.1) is 5.92 Å². The van der Waals surface area contributed by atoms with Gasteiger partial charge in [0.25, 0.3) is 6.43 Å². The van der Waals surface area contributed by atoms with Crippen LogP contribution in [0.3, 0.4) is 0 Å². The van der Waals surface area contributed by atoms with Gasteiger partial charge in [-0.2, -0.15) is 0 Å². The fraction of sp³-hybridized carbons (Fsp3) is 1.00. The summed E-state index contributed by atoms with van der Waals surface area (Å²) < 4.78 is 24.7. The minimum Gasteiger partial charge on any atom is -0.396 e. The van der Waals surface area contributed by atoms with E-state index in [9.17, 15) is 8.78 Å². The van der Waals surface area contributed by atoms with Crippen LogP contribution < -0.4 is 5.32 Å². The zero-order chi connectivity index (χ0) is 14.4. The lowest BCUT2D eigenvalue weighted by Crippen LogP contribution is -2.53. The Hall–Kier alpha value is -0.260. The summed E-state index contributed by atoms with van der Waals surface area (Å²) in [5.41, 5.74) is 0. The zero-order valence-electron chi connectivity index (χ0n) is 12.2. The van der Waals surface area contributed by atoms with E-state index < -0.39 is 6.43 Å². The first-order chi connectivity index (χ1) is 9.69. The second-order valence-electron chi connectivity index (χ2n) is 6.36. The van der Waals surface area contributed by atoms with Gasteiger partial charge in [0.1, 0.15) is 0 Å². The van der Waals surface area contributed by atoms with Gasteiger partial charge in [0.05, 0.1) is 6.54 Å². The summed E-state index contributed by atoms with van der Waals surface area (Å²) in [5.74, 6) is 0.436. The van der Waals surface area contributed by atoms with Crippen molar-refractivity contribution >= 4 is 0 Å². The normalized spacial score (nSPS) is 30.0. The van der Waals surface area contributed by atoms with Gasteiger partial charge in [0, 0.05) is 31.8 Å². The fourth-order valence-corrected chi connectivity index (χ4v) is 3.78. The average Bonchev–Trinajstić information content (AvgIpc) is 2.46. The first kappa shape index (κ1) is 16.1. The highest BCUT2D eigenvalue weighted by Crippen LogP contribution is 2.28. The highest BCUT2D eigenvalue weighted by atomic mass is 19.3. The highest BCUT2D eigenvalue weighted by Gasteiger charge is 2.31. The molecule has 0 spiro atoms. The van der Waals surface area contributed by atoms with Crippen molar-refractivity contribution in [3.05, 3.63) is 0 Å². The Bertz CT molecular complexity index is 273. The van der Waals surface area contributed by atoms with E-state index in [1.54, 1.807) is 0 Å². The van der Waals surface area contributed by atoms with Gasteiger partial charge in [-0.25, -0.2) is 8.78 Å². The molecule has 1 heterocycles. The van der Waals surface area contributed by atoms with Gasteiger partial charge in [-0.1, -0.05) is 19.3 Å². The fourth-order valence-electron chi connectivity index (χ4n) is 3.78. The van der Waals surface area contributed by atoms with E-state index in [0.29, 0.717) is 12.0 Å². The maximum absolute atomic E-state index is 12.4. The molecule has 2 N–H and O–H groups in total. The summed E-state index contributed by atoms with van der Waals surface area (Å²) in [6.45, 7) is 1.90. The van der Waals surface area contributed by atoms with E-state index in [2.05, 4.69) is 10.2 Å². The zero-order valence-corrected chi connectivity index (χ0v) is 12.2. The monoisotopic (exact) mass is 290 g/mol. The second kappa shape index (κ2) is 8.25. The third-order valence-electron chi connectivity index (χ3n) is 4.75.